The largest absolute Gasteiger partial charge is 0.489 e. The number of allylic oxidation sites excluding steroid dienone is 2. The van der Waals surface area contributed by atoms with Crippen molar-refractivity contribution in [2.24, 2.45) is 10.9 Å². The van der Waals surface area contributed by atoms with Crippen molar-refractivity contribution in [3.05, 3.63) is 77.0 Å². The molecule has 0 fully saturated rings. The second-order valence-electron chi connectivity index (χ2n) is 7.29. The lowest BCUT2D eigenvalue weighted by Gasteiger charge is -2.33. The first-order valence-corrected chi connectivity index (χ1v) is 9.65. The molecule has 0 saturated heterocycles. The number of ketones is 1. The third kappa shape index (κ3) is 3.36. The van der Waals surface area contributed by atoms with Crippen LogP contribution in [0.15, 0.2) is 70.9 Å². The Hall–Kier alpha value is -3.19. The quantitative estimate of drug-likeness (QED) is 0.763. The van der Waals surface area contributed by atoms with E-state index in [9.17, 15) is 10.1 Å². The fourth-order valence-corrected chi connectivity index (χ4v) is 4.11. The summed E-state index contributed by atoms with van der Waals surface area (Å²) in [6.07, 6.45) is 2.14. The molecule has 2 aromatic rings. The zero-order chi connectivity index (χ0) is 19.5. The molecule has 4 heteroatoms. The van der Waals surface area contributed by atoms with Gasteiger partial charge in [0.25, 0.3) is 0 Å². The second kappa shape index (κ2) is 7.82. The van der Waals surface area contributed by atoms with E-state index in [-0.39, 0.29) is 11.7 Å². The summed E-state index contributed by atoms with van der Waals surface area (Å²) < 4.78 is 6.14. The zero-order valence-corrected chi connectivity index (χ0v) is 15.9. The van der Waals surface area contributed by atoms with Gasteiger partial charge in [-0.2, -0.15) is 5.26 Å². The average Bonchev–Trinajstić information content (AvgIpc) is 2.72. The summed E-state index contributed by atoms with van der Waals surface area (Å²) in [5.41, 5.74) is 4.30. The molecule has 140 valence electrons. The van der Waals surface area contributed by atoms with E-state index < -0.39 is 5.92 Å². The zero-order valence-electron chi connectivity index (χ0n) is 15.9. The van der Waals surface area contributed by atoms with Gasteiger partial charge in [0.05, 0.1) is 12.0 Å². The Kier molecular flexibility index (Phi) is 5.08. The maximum Gasteiger partial charge on any atom is 0.161 e. The normalized spacial score (nSPS) is 21.6. The lowest BCUT2D eigenvalue weighted by molar-refractivity contribution is -0.116. The Morgan fingerprint density at radius 3 is 2.64 bits per heavy atom. The van der Waals surface area contributed by atoms with Gasteiger partial charge < -0.3 is 4.74 Å². The molecule has 0 spiro atoms. The van der Waals surface area contributed by atoms with Crippen LogP contribution in [-0.2, 0) is 11.4 Å². The smallest absolute Gasteiger partial charge is 0.161 e. The monoisotopic (exact) mass is 370 g/mol. The van der Waals surface area contributed by atoms with Crippen molar-refractivity contribution in [2.75, 3.05) is 0 Å². The molecule has 2 atom stereocenters. The van der Waals surface area contributed by atoms with Crippen LogP contribution in [0.5, 0.6) is 5.75 Å². The first-order chi connectivity index (χ1) is 13.7. The SMILES string of the molecule is CC1=NC2=C(C(=O)CCC2)[C@@H](c2ccccc2OCc2ccccc2)C1C#N. The molecule has 0 aromatic heterocycles. The lowest BCUT2D eigenvalue weighted by atomic mass is 9.72. The third-order valence-corrected chi connectivity index (χ3v) is 5.46. The molecule has 0 saturated carbocycles. The first kappa shape index (κ1) is 18.2. The summed E-state index contributed by atoms with van der Waals surface area (Å²) in [6.45, 7) is 2.33. The highest BCUT2D eigenvalue weighted by Crippen LogP contribution is 2.45. The number of carbonyl (C=O) groups is 1. The van der Waals surface area contributed by atoms with Crippen molar-refractivity contribution in [1.29, 1.82) is 5.26 Å². The van der Waals surface area contributed by atoms with Crippen LogP contribution >= 0.6 is 0 Å². The van der Waals surface area contributed by atoms with Gasteiger partial charge in [-0.15, -0.1) is 0 Å². The van der Waals surface area contributed by atoms with E-state index >= 15 is 0 Å². The lowest BCUT2D eigenvalue weighted by Crippen LogP contribution is -2.30. The van der Waals surface area contributed by atoms with Gasteiger partial charge in [0, 0.05) is 34.9 Å². The van der Waals surface area contributed by atoms with Crippen LogP contribution in [0.25, 0.3) is 0 Å². The number of benzene rings is 2. The maximum absolute atomic E-state index is 12.8. The Bertz CT molecular complexity index is 999. The third-order valence-electron chi connectivity index (χ3n) is 5.46. The summed E-state index contributed by atoms with van der Waals surface area (Å²) in [4.78, 5) is 17.4. The van der Waals surface area contributed by atoms with Crippen molar-refractivity contribution in [3.8, 4) is 11.8 Å². The second-order valence-corrected chi connectivity index (χ2v) is 7.29. The molecule has 1 heterocycles. The Morgan fingerprint density at radius 2 is 1.86 bits per heavy atom. The molecule has 4 rings (SSSR count). The highest BCUT2D eigenvalue weighted by molar-refractivity contribution is 6.03. The number of para-hydroxylation sites is 1. The highest BCUT2D eigenvalue weighted by atomic mass is 16.5. The van der Waals surface area contributed by atoms with E-state index in [1.807, 2.05) is 61.5 Å². The molecular weight excluding hydrogens is 348 g/mol. The van der Waals surface area contributed by atoms with E-state index in [0.717, 1.165) is 41.1 Å². The van der Waals surface area contributed by atoms with Crippen LogP contribution < -0.4 is 4.74 Å². The van der Waals surface area contributed by atoms with Crippen molar-refractivity contribution in [1.82, 2.24) is 0 Å². The summed E-state index contributed by atoms with van der Waals surface area (Å²) in [6, 6.07) is 20.1. The average molecular weight is 370 g/mol. The number of carbonyl (C=O) groups excluding carboxylic acids is 1. The van der Waals surface area contributed by atoms with E-state index in [1.54, 1.807) is 0 Å². The number of rotatable bonds is 4. The number of hydrogen-bond acceptors (Lipinski definition) is 4. The molecular formula is C24H22N2O2. The molecule has 4 nitrogen and oxygen atoms in total. The summed E-state index contributed by atoms with van der Waals surface area (Å²) >= 11 is 0. The van der Waals surface area contributed by atoms with Crippen molar-refractivity contribution >= 4 is 11.5 Å². The molecule has 1 aliphatic carbocycles. The van der Waals surface area contributed by atoms with Crippen molar-refractivity contribution in [3.63, 3.8) is 0 Å². The maximum atomic E-state index is 12.8. The van der Waals surface area contributed by atoms with Crippen LogP contribution in [0.1, 0.15) is 43.2 Å². The standard InChI is InChI=1S/C24H22N2O2/c1-16-19(14-25)23(24-20(26-16)11-7-12-21(24)27)18-10-5-6-13-22(18)28-15-17-8-3-2-4-9-17/h2-6,8-10,13,19,23H,7,11-12,15H2,1H3/t19?,23-/m0/s1. The summed E-state index contributed by atoms with van der Waals surface area (Å²) in [7, 11) is 0. The minimum atomic E-state index is -0.456. The van der Waals surface area contributed by atoms with Gasteiger partial charge in [-0.3, -0.25) is 9.79 Å². The predicted octanol–water partition coefficient (Wildman–Crippen LogP) is 4.97. The van der Waals surface area contributed by atoms with Gasteiger partial charge in [-0.05, 0) is 31.4 Å². The van der Waals surface area contributed by atoms with Gasteiger partial charge in [0.2, 0.25) is 0 Å². The number of ether oxygens (including phenoxy) is 1. The fourth-order valence-electron chi connectivity index (χ4n) is 4.11. The molecule has 0 N–H and O–H groups in total. The van der Waals surface area contributed by atoms with Crippen LogP contribution in [0.2, 0.25) is 0 Å². The van der Waals surface area contributed by atoms with E-state index in [2.05, 4.69) is 11.1 Å². The molecule has 0 bridgehead atoms. The molecule has 28 heavy (non-hydrogen) atoms. The molecule has 1 aliphatic heterocycles. The summed E-state index contributed by atoms with van der Waals surface area (Å²) in [5, 5.41) is 9.86. The number of nitriles is 1. The molecule has 0 radical (unpaired) electrons. The number of hydrogen-bond donors (Lipinski definition) is 0. The topological polar surface area (TPSA) is 62.4 Å². The molecule has 1 unspecified atom stereocenters. The van der Waals surface area contributed by atoms with Crippen LogP contribution in [0.3, 0.4) is 0 Å². The minimum Gasteiger partial charge on any atom is -0.489 e. The van der Waals surface area contributed by atoms with Gasteiger partial charge in [-0.25, -0.2) is 0 Å². The van der Waals surface area contributed by atoms with Crippen molar-refractivity contribution in [2.45, 2.75) is 38.7 Å². The Labute approximate surface area is 165 Å². The van der Waals surface area contributed by atoms with Crippen LogP contribution in [0.4, 0.5) is 0 Å². The van der Waals surface area contributed by atoms with Gasteiger partial charge in [0.15, 0.2) is 5.78 Å². The van der Waals surface area contributed by atoms with Crippen LogP contribution in [-0.4, -0.2) is 11.5 Å². The molecule has 2 aromatic carbocycles. The van der Waals surface area contributed by atoms with E-state index in [4.69, 9.17) is 4.74 Å². The van der Waals surface area contributed by atoms with E-state index in [0.29, 0.717) is 18.6 Å². The minimum absolute atomic E-state index is 0.112. The number of aliphatic imine (C=N–C) groups is 1. The number of nitrogens with zero attached hydrogens (tertiary/aromatic N) is 2. The van der Waals surface area contributed by atoms with Crippen molar-refractivity contribution < 1.29 is 9.53 Å². The summed E-state index contributed by atoms with van der Waals surface area (Å²) in [5.74, 6) is 0.0525. The molecule has 2 aliphatic rings. The van der Waals surface area contributed by atoms with Gasteiger partial charge in [-0.1, -0.05) is 48.5 Å². The Balaban J connectivity index is 1.74. The first-order valence-electron chi connectivity index (χ1n) is 9.65. The van der Waals surface area contributed by atoms with Gasteiger partial charge in [0.1, 0.15) is 12.4 Å². The predicted molar refractivity (Wildman–Crippen MR) is 108 cm³/mol. The number of Topliss-reactive ketones (excluding diaryl/α,β-unsaturated/α-hetero) is 1. The Morgan fingerprint density at radius 1 is 1.11 bits per heavy atom. The van der Waals surface area contributed by atoms with Gasteiger partial charge >= 0.3 is 0 Å². The highest BCUT2D eigenvalue weighted by Gasteiger charge is 2.40. The fraction of sp³-hybridized carbons (Fsp3) is 0.292. The van der Waals surface area contributed by atoms with Crippen LogP contribution in [0, 0.1) is 17.2 Å². The molecule has 0 amide bonds. The van der Waals surface area contributed by atoms with E-state index in [1.165, 1.54) is 0 Å².